The maximum atomic E-state index is 13.5. The summed E-state index contributed by atoms with van der Waals surface area (Å²) in [7, 11) is 0. The quantitative estimate of drug-likeness (QED) is 0.853. The molecule has 0 aliphatic rings. The second kappa shape index (κ2) is 3.92. The van der Waals surface area contributed by atoms with Crippen LogP contribution in [0.25, 0.3) is 11.1 Å². The van der Waals surface area contributed by atoms with Crippen LogP contribution in [0.2, 0.25) is 0 Å². The van der Waals surface area contributed by atoms with Crippen molar-refractivity contribution < 1.29 is 13.3 Å². The maximum Gasteiger partial charge on any atom is 0.230 e. The maximum absolute atomic E-state index is 13.5. The van der Waals surface area contributed by atoms with Gasteiger partial charge >= 0.3 is 0 Å². The van der Waals surface area contributed by atoms with Crippen LogP contribution in [0.5, 0.6) is 0 Å². The Labute approximate surface area is 90.9 Å². The van der Waals surface area contributed by atoms with Crippen LogP contribution in [0, 0.1) is 11.6 Å². The Morgan fingerprint density at radius 1 is 1.25 bits per heavy atom. The van der Waals surface area contributed by atoms with Crippen molar-refractivity contribution in [1.29, 1.82) is 0 Å². The van der Waals surface area contributed by atoms with Gasteiger partial charge in [-0.3, -0.25) is 0 Å². The molecular weight excluding hydrogens is 214 g/mol. The third kappa shape index (κ3) is 1.64. The Balaban J connectivity index is 2.61. The van der Waals surface area contributed by atoms with E-state index in [1.807, 2.05) is 0 Å². The number of hydrogen-bond acceptors (Lipinski definition) is 3. The van der Waals surface area contributed by atoms with Crippen molar-refractivity contribution in [2.75, 3.05) is 5.73 Å². The van der Waals surface area contributed by atoms with Gasteiger partial charge in [0, 0.05) is 11.6 Å². The lowest BCUT2D eigenvalue weighted by Crippen LogP contribution is -1.94. The van der Waals surface area contributed by atoms with Crippen molar-refractivity contribution >= 4 is 5.88 Å². The molecule has 0 radical (unpaired) electrons. The molecule has 0 atom stereocenters. The topological polar surface area (TPSA) is 52.0 Å². The van der Waals surface area contributed by atoms with Crippen molar-refractivity contribution in [3.05, 3.63) is 35.5 Å². The van der Waals surface area contributed by atoms with Crippen LogP contribution in [0.4, 0.5) is 14.7 Å². The molecular formula is C11H10F2N2O. The first-order valence-corrected chi connectivity index (χ1v) is 4.82. The van der Waals surface area contributed by atoms with Gasteiger partial charge in [0.05, 0.1) is 11.8 Å². The summed E-state index contributed by atoms with van der Waals surface area (Å²) in [6.07, 6.45) is 1.79. The number of anilines is 1. The first kappa shape index (κ1) is 10.6. The Morgan fingerprint density at radius 3 is 2.56 bits per heavy atom. The highest BCUT2D eigenvalue weighted by Crippen LogP contribution is 2.29. The number of nitrogens with two attached hydrogens (primary N) is 1. The molecule has 0 fully saturated rings. The average molecular weight is 224 g/mol. The number of nitrogens with zero attached hydrogens (tertiary/aromatic N) is 1. The van der Waals surface area contributed by atoms with Crippen LogP contribution in [-0.4, -0.2) is 5.16 Å². The largest absolute Gasteiger partial charge is 0.367 e. The molecule has 0 unspecified atom stereocenters. The summed E-state index contributed by atoms with van der Waals surface area (Å²) in [6, 6.07) is 2.27. The zero-order chi connectivity index (χ0) is 11.7. The van der Waals surface area contributed by atoms with E-state index in [0.29, 0.717) is 17.5 Å². The summed E-state index contributed by atoms with van der Waals surface area (Å²) in [5, 5.41) is 3.46. The van der Waals surface area contributed by atoms with Gasteiger partial charge in [-0.25, -0.2) is 8.78 Å². The molecule has 0 aliphatic heterocycles. The SMILES string of the molecule is CCc1cc(-c2cnoc2N)c(F)cc1F. The van der Waals surface area contributed by atoms with E-state index < -0.39 is 11.6 Å². The third-order valence-electron chi connectivity index (χ3n) is 2.41. The third-order valence-corrected chi connectivity index (χ3v) is 2.41. The van der Waals surface area contributed by atoms with Gasteiger partial charge in [-0.2, -0.15) is 0 Å². The zero-order valence-corrected chi connectivity index (χ0v) is 8.63. The fraction of sp³-hybridized carbons (Fsp3) is 0.182. The Bertz CT molecular complexity index is 523. The predicted molar refractivity (Wildman–Crippen MR) is 55.6 cm³/mol. The van der Waals surface area contributed by atoms with E-state index in [1.54, 1.807) is 6.92 Å². The number of nitrogen functional groups attached to an aromatic ring is 1. The fourth-order valence-corrected chi connectivity index (χ4v) is 1.52. The standard InChI is InChI=1S/C11H10F2N2O/c1-2-6-3-7(10(13)4-9(6)12)8-5-15-16-11(8)14/h3-5H,2,14H2,1H3. The van der Waals surface area contributed by atoms with E-state index in [2.05, 4.69) is 9.68 Å². The minimum Gasteiger partial charge on any atom is -0.367 e. The van der Waals surface area contributed by atoms with E-state index in [0.717, 1.165) is 6.07 Å². The Hall–Kier alpha value is -1.91. The highest BCUT2D eigenvalue weighted by atomic mass is 19.1. The first-order valence-electron chi connectivity index (χ1n) is 4.82. The number of hydrogen-bond donors (Lipinski definition) is 1. The van der Waals surface area contributed by atoms with E-state index in [-0.39, 0.29) is 11.4 Å². The average Bonchev–Trinajstić information content (AvgIpc) is 2.65. The van der Waals surface area contributed by atoms with Gasteiger partial charge < -0.3 is 10.3 Å². The lowest BCUT2D eigenvalue weighted by Gasteiger charge is -2.05. The number of aromatic nitrogens is 1. The number of aryl methyl sites for hydroxylation is 1. The van der Waals surface area contributed by atoms with Gasteiger partial charge in [0.1, 0.15) is 11.6 Å². The van der Waals surface area contributed by atoms with Gasteiger partial charge in [0.15, 0.2) is 0 Å². The molecule has 2 aromatic rings. The molecule has 2 rings (SSSR count). The molecule has 0 saturated heterocycles. The van der Waals surface area contributed by atoms with E-state index in [4.69, 9.17) is 5.73 Å². The molecule has 0 bridgehead atoms. The van der Waals surface area contributed by atoms with Gasteiger partial charge in [-0.1, -0.05) is 12.1 Å². The summed E-state index contributed by atoms with van der Waals surface area (Å²) in [5.74, 6) is -1.21. The molecule has 16 heavy (non-hydrogen) atoms. The van der Waals surface area contributed by atoms with Crippen molar-refractivity contribution in [1.82, 2.24) is 5.16 Å². The summed E-state index contributed by atoms with van der Waals surface area (Å²) >= 11 is 0. The monoisotopic (exact) mass is 224 g/mol. The minimum absolute atomic E-state index is 0.0209. The molecule has 1 heterocycles. The summed E-state index contributed by atoms with van der Waals surface area (Å²) in [6.45, 7) is 1.79. The number of rotatable bonds is 2. The van der Waals surface area contributed by atoms with Gasteiger partial charge in [-0.15, -0.1) is 0 Å². The van der Waals surface area contributed by atoms with Crippen LogP contribution in [-0.2, 0) is 6.42 Å². The Kier molecular flexibility index (Phi) is 2.60. The summed E-state index contributed by atoms with van der Waals surface area (Å²) < 4.78 is 31.5. The number of halogens is 2. The molecule has 1 aromatic heterocycles. The molecule has 5 heteroatoms. The minimum atomic E-state index is -0.676. The molecule has 1 aromatic carbocycles. The van der Waals surface area contributed by atoms with Crippen LogP contribution < -0.4 is 5.73 Å². The summed E-state index contributed by atoms with van der Waals surface area (Å²) in [4.78, 5) is 0. The van der Waals surface area contributed by atoms with E-state index in [9.17, 15) is 8.78 Å². The van der Waals surface area contributed by atoms with E-state index in [1.165, 1.54) is 12.3 Å². The lowest BCUT2D eigenvalue weighted by molar-refractivity contribution is 0.436. The first-order chi connectivity index (χ1) is 7.63. The smallest absolute Gasteiger partial charge is 0.230 e. The van der Waals surface area contributed by atoms with Crippen molar-refractivity contribution in [3.8, 4) is 11.1 Å². The van der Waals surface area contributed by atoms with Crippen molar-refractivity contribution in [2.24, 2.45) is 0 Å². The van der Waals surface area contributed by atoms with Crippen LogP contribution in [0.3, 0.4) is 0 Å². The highest BCUT2D eigenvalue weighted by Gasteiger charge is 2.15. The Morgan fingerprint density at radius 2 is 2.00 bits per heavy atom. The van der Waals surface area contributed by atoms with Crippen molar-refractivity contribution in [3.63, 3.8) is 0 Å². The molecule has 2 N–H and O–H groups in total. The molecule has 3 nitrogen and oxygen atoms in total. The van der Waals surface area contributed by atoms with Crippen molar-refractivity contribution in [2.45, 2.75) is 13.3 Å². The fourth-order valence-electron chi connectivity index (χ4n) is 1.52. The highest BCUT2D eigenvalue weighted by molar-refractivity contribution is 5.72. The van der Waals surface area contributed by atoms with Crippen LogP contribution >= 0.6 is 0 Å². The van der Waals surface area contributed by atoms with E-state index >= 15 is 0 Å². The second-order valence-corrected chi connectivity index (χ2v) is 3.38. The van der Waals surface area contributed by atoms with Gasteiger partial charge in [0.2, 0.25) is 5.88 Å². The summed E-state index contributed by atoms with van der Waals surface area (Å²) in [5.41, 5.74) is 6.45. The number of benzene rings is 1. The predicted octanol–water partition coefficient (Wildman–Crippen LogP) is 2.76. The van der Waals surface area contributed by atoms with Crippen LogP contribution in [0.15, 0.2) is 22.9 Å². The zero-order valence-electron chi connectivity index (χ0n) is 8.63. The molecule has 0 saturated carbocycles. The normalized spacial score (nSPS) is 10.7. The molecule has 0 spiro atoms. The molecule has 0 amide bonds. The molecule has 84 valence electrons. The van der Waals surface area contributed by atoms with Gasteiger partial charge in [0.25, 0.3) is 0 Å². The second-order valence-electron chi connectivity index (χ2n) is 3.38. The van der Waals surface area contributed by atoms with Gasteiger partial charge in [-0.05, 0) is 18.1 Å². The molecule has 0 aliphatic carbocycles. The van der Waals surface area contributed by atoms with Crippen LogP contribution in [0.1, 0.15) is 12.5 Å². The lowest BCUT2D eigenvalue weighted by atomic mass is 10.0.